The molecule has 0 unspecified atom stereocenters. The molecule has 0 amide bonds. The van der Waals surface area contributed by atoms with E-state index < -0.39 is 0 Å². The van der Waals surface area contributed by atoms with Crippen molar-refractivity contribution in [2.75, 3.05) is 6.61 Å². The number of aliphatic hydroxyl groups is 1. The zero-order valence-electron chi connectivity index (χ0n) is 10.0. The molecule has 1 heterocycles. The van der Waals surface area contributed by atoms with Crippen LogP contribution >= 0.6 is 0 Å². The molecule has 0 fully saturated rings. The van der Waals surface area contributed by atoms with Crippen LogP contribution in [0.25, 0.3) is 0 Å². The molecule has 0 aliphatic rings. The molecule has 0 atom stereocenters. The van der Waals surface area contributed by atoms with Gasteiger partial charge in [-0.2, -0.15) is 0 Å². The van der Waals surface area contributed by atoms with Crippen molar-refractivity contribution in [3.05, 3.63) is 52.6 Å². The Morgan fingerprint density at radius 3 is 2.72 bits per heavy atom. The Hall–Kier alpha value is -2.14. The third-order valence-corrected chi connectivity index (χ3v) is 2.52. The Morgan fingerprint density at radius 2 is 2.06 bits per heavy atom. The highest BCUT2D eigenvalue weighted by Crippen LogP contribution is 2.17. The minimum atomic E-state index is -0.281. The van der Waals surface area contributed by atoms with Gasteiger partial charge in [-0.25, -0.2) is 4.98 Å². The van der Waals surface area contributed by atoms with E-state index in [1.165, 1.54) is 10.8 Å². The number of aromatic nitrogens is 2. The molecule has 0 saturated heterocycles. The second-order valence-electron chi connectivity index (χ2n) is 3.87. The molecule has 5 nitrogen and oxygen atoms in total. The first-order valence-electron chi connectivity index (χ1n) is 5.60. The van der Waals surface area contributed by atoms with Gasteiger partial charge in [0.2, 0.25) is 0 Å². The van der Waals surface area contributed by atoms with Gasteiger partial charge in [0.15, 0.2) is 0 Å². The number of aryl methyl sites for hydroxylation is 1. The highest BCUT2D eigenvalue weighted by molar-refractivity contribution is 5.30. The summed E-state index contributed by atoms with van der Waals surface area (Å²) in [6, 6.07) is 7.19. The Balaban J connectivity index is 2.18. The standard InChI is InChI=1S/C13H14N2O3/c1-15-8-7-14-12(13(15)17)18-11-4-2-10(3-5-11)6-9-16/h2-5,7-8,16H,6,9H2,1H3. The normalized spacial score (nSPS) is 10.3. The Labute approximate surface area is 104 Å². The third-order valence-electron chi connectivity index (χ3n) is 2.52. The average Bonchev–Trinajstić information content (AvgIpc) is 2.38. The molecule has 0 saturated carbocycles. The van der Waals surface area contributed by atoms with Crippen LogP contribution in [0.3, 0.4) is 0 Å². The lowest BCUT2D eigenvalue weighted by Crippen LogP contribution is -2.18. The van der Waals surface area contributed by atoms with Gasteiger partial charge in [-0.1, -0.05) is 12.1 Å². The first-order chi connectivity index (χ1) is 8.70. The topological polar surface area (TPSA) is 64.3 Å². The van der Waals surface area contributed by atoms with E-state index in [1.807, 2.05) is 12.1 Å². The molecular formula is C13H14N2O3. The van der Waals surface area contributed by atoms with Crippen LogP contribution in [0.2, 0.25) is 0 Å². The zero-order chi connectivity index (χ0) is 13.0. The van der Waals surface area contributed by atoms with Crippen LogP contribution in [0.5, 0.6) is 11.6 Å². The molecule has 1 aromatic heterocycles. The molecule has 94 valence electrons. The smallest absolute Gasteiger partial charge is 0.313 e. The molecule has 5 heteroatoms. The highest BCUT2D eigenvalue weighted by Gasteiger charge is 2.05. The Morgan fingerprint density at radius 1 is 1.33 bits per heavy atom. The van der Waals surface area contributed by atoms with Crippen molar-refractivity contribution in [2.45, 2.75) is 6.42 Å². The summed E-state index contributed by atoms with van der Waals surface area (Å²) in [5, 5.41) is 8.81. The van der Waals surface area contributed by atoms with Crippen molar-refractivity contribution in [1.29, 1.82) is 0 Å². The van der Waals surface area contributed by atoms with Gasteiger partial charge in [0.05, 0.1) is 0 Å². The number of hydrogen-bond acceptors (Lipinski definition) is 4. The van der Waals surface area contributed by atoms with Crippen LogP contribution in [-0.4, -0.2) is 21.3 Å². The maximum Gasteiger partial charge on any atom is 0.313 e. The van der Waals surface area contributed by atoms with E-state index in [2.05, 4.69) is 4.98 Å². The number of rotatable bonds is 4. The SMILES string of the molecule is Cn1ccnc(Oc2ccc(CCO)cc2)c1=O. The molecular weight excluding hydrogens is 232 g/mol. The summed E-state index contributed by atoms with van der Waals surface area (Å²) in [4.78, 5) is 15.6. The van der Waals surface area contributed by atoms with E-state index in [4.69, 9.17) is 9.84 Å². The van der Waals surface area contributed by atoms with Gasteiger partial charge in [0.25, 0.3) is 5.88 Å². The molecule has 0 radical (unpaired) electrons. The van der Waals surface area contributed by atoms with Crippen LogP contribution < -0.4 is 10.3 Å². The molecule has 0 bridgehead atoms. The van der Waals surface area contributed by atoms with Crippen molar-refractivity contribution in [3.8, 4) is 11.6 Å². The van der Waals surface area contributed by atoms with Gasteiger partial charge >= 0.3 is 5.56 Å². The van der Waals surface area contributed by atoms with E-state index in [1.54, 1.807) is 25.4 Å². The molecule has 0 aliphatic heterocycles. The summed E-state index contributed by atoms with van der Waals surface area (Å²) in [5.74, 6) is 0.599. The van der Waals surface area contributed by atoms with Crippen molar-refractivity contribution >= 4 is 0 Å². The van der Waals surface area contributed by atoms with Crippen LogP contribution in [0.15, 0.2) is 41.5 Å². The second-order valence-corrected chi connectivity index (χ2v) is 3.87. The van der Waals surface area contributed by atoms with Gasteiger partial charge in [0, 0.05) is 26.0 Å². The first-order valence-corrected chi connectivity index (χ1v) is 5.60. The molecule has 0 spiro atoms. The van der Waals surface area contributed by atoms with Crippen molar-refractivity contribution in [3.63, 3.8) is 0 Å². The lowest BCUT2D eigenvalue weighted by molar-refractivity contribution is 0.299. The molecule has 2 aromatic rings. The summed E-state index contributed by atoms with van der Waals surface area (Å²) < 4.78 is 6.82. The number of ether oxygens (including phenoxy) is 1. The summed E-state index contributed by atoms with van der Waals surface area (Å²) in [5.41, 5.74) is 0.732. The molecule has 0 aliphatic carbocycles. The number of benzene rings is 1. The van der Waals surface area contributed by atoms with E-state index in [-0.39, 0.29) is 18.0 Å². The quantitative estimate of drug-likeness (QED) is 0.877. The predicted molar refractivity (Wildman–Crippen MR) is 66.8 cm³/mol. The Kier molecular flexibility index (Phi) is 3.74. The first kappa shape index (κ1) is 12.3. The number of aliphatic hydroxyl groups excluding tert-OH is 1. The van der Waals surface area contributed by atoms with Crippen molar-refractivity contribution in [1.82, 2.24) is 9.55 Å². The zero-order valence-corrected chi connectivity index (χ0v) is 10.0. The van der Waals surface area contributed by atoms with E-state index in [0.29, 0.717) is 12.2 Å². The van der Waals surface area contributed by atoms with E-state index >= 15 is 0 Å². The van der Waals surface area contributed by atoms with Gasteiger partial charge in [-0.3, -0.25) is 4.79 Å². The fourth-order valence-electron chi connectivity index (χ4n) is 1.51. The fourth-order valence-corrected chi connectivity index (χ4v) is 1.51. The predicted octanol–water partition coefficient (Wildman–Crippen LogP) is 1.11. The highest BCUT2D eigenvalue weighted by atomic mass is 16.5. The van der Waals surface area contributed by atoms with Gasteiger partial charge in [-0.15, -0.1) is 0 Å². The largest absolute Gasteiger partial charge is 0.435 e. The summed E-state index contributed by atoms with van der Waals surface area (Å²) in [6.45, 7) is 0.112. The average molecular weight is 246 g/mol. The molecule has 2 rings (SSSR count). The lowest BCUT2D eigenvalue weighted by atomic mass is 10.1. The van der Waals surface area contributed by atoms with Crippen molar-refractivity contribution in [2.24, 2.45) is 7.05 Å². The number of nitrogens with zero attached hydrogens (tertiary/aromatic N) is 2. The van der Waals surface area contributed by atoms with E-state index in [9.17, 15) is 4.79 Å². The van der Waals surface area contributed by atoms with Crippen LogP contribution in [0.1, 0.15) is 5.56 Å². The molecule has 18 heavy (non-hydrogen) atoms. The summed E-state index contributed by atoms with van der Waals surface area (Å²) in [6.07, 6.45) is 3.68. The minimum Gasteiger partial charge on any atom is -0.435 e. The summed E-state index contributed by atoms with van der Waals surface area (Å²) >= 11 is 0. The van der Waals surface area contributed by atoms with E-state index in [0.717, 1.165) is 5.56 Å². The summed E-state index contributed by atoms with van der Waals surface area (Å²) in [7, 11) is 1.64. The maximum absolute atomic E-state index is 11.7. The van der Waals surface area contributed by atoms with Gasteiger partial charge in [0.1, 0.15) is 5.75 Å². The Bertz CT molecular complexity index is 576. The lowest BCUT2D eigenvalue weighted by Gasteiger charge is -2.05. The second kappa shape index (κ2) is 5.46. The van der Waals surface area contributed by atoms with Gasteiger partial charge < -0.3 is 14.4 Å². The maximum atomic E-state index is 11.7. The van der Waals surface area contributed by atoms with Crippen LogP contribution in [0, 0.1) is 0 Å². The fraction of sp³-hybridized carbons (Fsp3) is 0.231. The minimum absolute atomic E-state index is 0.0508. The molecule has 1 aromatic carbocycles. The monoisotopic (exact) mass is 246 g/mol. The molecule has 1 N–H and O–H groups in total. The van der Waals surface area contributed by atoms with Gasteiger partial charge in [-0.05, 0) is 24.1 Å². The van der Waals surface area contributed by atoms with Crippen LogP contribution in [0.4, 0.5) is 0 Å². The van der Waals surface area contributed by atoms with Crippen molar-refractivity contribution < 1.29 is 9.84 Å². The van der Waals surface area contributed by atoms with Crippen LogP contribution in [-0.2, 0) is 13.5 Å². The number of hydrogen-bond donors (Lipinski definition) is 1. The third kappa shape index (κ3) is 2.75.